The minimum atomic E-state index is 0.417. The van der Waals surface area contributed by atoms with Gasteiger partial charge in [0.05, 0.1) is 6.10 Å². The first-order valence-electron chi connectivity index (χ1n) is 5.77. The van der Waals surface area contributed by atoms with Gasteiger partial charge in [0.2, 0.25) is 0 Å². The first-order chi connectivity index (χ1) is 7.79. The van der Waals surface area contributed by atoms with Crippen molar-refractivity contribution in [3.8, 4) is 0 Å². The van der Waals surface area contributed by atoms with E-state index in [1.54, 1.807) is 0 Å². The van der Waals surface area contributed by atoms with Gasteiger partial charge in [-0.2, -0.15) is 0 Å². The van der Waals surface area contributed by atoms with Crippen LogP contribution in [0.1, 0.15) is 18.4 Å². The topological polar surface area (TPSA) is 12.5 Å². The van der Waals surface area contributed by atoms with Crippen LogP contribution in [0.5, 0.6) is 0 Å². The van der Waals surface area contributed by atoms with Gasteiger partial charge < -0.3 is 9.64 Å². The van der Waals surface area contributed by atoms with Crippen LogP contribution in [0.2, 0.25) is 0 Å². The Morgan fingerprint density at radius 2 is 2.12 bits per heavy atom. The molecule has 1 aromatic carbocycles. The Morgan fingerprint density at radius 1 is 1.38 bits per heavy atom. The van der Waals surface area contributed by atoms with Crippen LogP contribution in [0, 0.1) is 0 Å². The van der Waals surface area contributed by atoms with Crippen LogP contribution in [-0.2, 0) is 10.1 Å². The number of benzene rings is 1. The molecule has 1 aliphatic heterocycles. The molecule has 1 aromatic rings. The summed E-state index contributed by atoms with van der Waals surface area (Å²) in [6.45, 7) is 1.93. The Morgan fingerprint density at radius 3 is 2.69 bits per heavy atom. The number of rotatable bonds is 4. The van der Waals surface area contributed by atoms with Gasteiger partial charge in [-0.1, -0.05) is 28.1 Å². The van der Waals surface area contributed by atoms with Crippen molar-refractivity contribution in [1.29, 1.82) is 0 Å². The molecule has 0 aromatic heterocycles. The van der Waals surface area contributed by atoms with Gasteiger partial charge in [-0.25, -0.2) is 0 Å². The van der Waals surface area contributed by atoms with Crippen LogP contribution in [0.4, 0.5) is 5.69 Å². The molecule has 1 aliphatic rings. The Hall–Kier alpha value is -0.540. The molecule has 0 amide bonds. The second-order valence-electron chi connectivity index (χ2n) is 4.32. The van der Waals surface area contributed by atoms with E-state index >= 15 is 0 Å². The van der Waals surface area contributed by atoms with E-state index in [0.29, 0.717) is 6.10 Å². The van der Waals surface area contributed by atoms with Gasteiger partial charge in [0.15, 0.2) is 0 Å². The summed E-state index contributed by atoms with van der Waals surface area (Å²) in [6.07, 6.45) is 2.83. The Labute approximate surface area is 106 Å². The van der Waals surface area contributed by atoms with Crippen molar-refractivity contribution in [1.82, 2.24) is 0 Å². The van der Waals surface area contributed by atoms with Crippen molar-refractivity contribution in [2.24, 2.45) is 0 Å². The number of likely N-dealkylation sites (N-methyl/N-ethyl adjacent to an activating group) is 1. The van der Waals surface area contributed by atoms with Crippen molar-refractivity contribution < 1.29 is 4.74 Å². The van der Waals surface area contributed by atoms with Crippen LogP contribution in [0.15, 0.2) is 24.3 Å². The molecule has 0 saturated carbocycles. The molecule has 0 aliphatic carbocycles. The van der Waals surface area contributed by atoms with Crippen LogP contribution in [-0.4, -0.2) is 26.3 Å². The maximum absolute atomic E-state index is 5.64. The lowest BCUT2D eigenvalue weighted by Gasteiger charge is -2.22. The van der Waals surface area contributed by atoms with E-state index in [1.165, 1.54) is 24.1 Å². The monoisotopic (exact) mass is 283 g/mol. The van der Waals surface area contributed by atoms with E-state index in [0.717, 1.165) is 18.5 Å². The highest BCUT2D eigenvalue weighted by Gasteiger charge is 2.17. The summed E-state index contributed by atoms with van der Waals surface area (Å²) in [5.74, 6) is 0. The molecule has 1 heterocycles. The molecular weight excluding hydrogens is 266 g/mol. The highest BCUT2D eigenvalue weighted by atomic mass is 79.9. The number of nitrogens with zero attached hydrogens (tertiary/aromatic N) is 1. The van der Waals surface area contributed by atoms with Gasteiger partial charge in [0.25, 0.3) is 0 Å². The van der Waals surface area contributed by atoms with Gasteiger partial charge in [-0.15, -0.1) is 0 Å². The summed E-state index contributed by atoms with van der Waals surface area (Å²) in [7, 11) is 2.13. The lowest BCUT2D eigenvalue weighted by Crippen LogP contribution is -2.28. The molecule has 1 atom stereocenters. The summed E-state index contributed by atoms with van der Waals surface area (Å²) in [5, 5.41) is 0.919. The van der Waals surface area contributed by atoms with E-state index in [2.05, 4.69) is 52.1 Å². The average molecular weight is 284 g/mol. The number of halogens is 1. The predicted molar refractivity (Wildman–Crippen MR) is 71.3 cm³/mol. The third-order valence-electron chi connectivity index (χ3n) is 3.03. The third-order valence-corrected chi connectivity index (χ3v) is 3.68. The highest BCUT2D eigenvalue weighted by molar-refractivity contribution is 9.08. The summed E-state index contributed by atoms with van der Waals surface area (Å²) in [6, 6.07) is 8.67. The van der Waals surface area contributed by atoms with Gasteiger partial charge in [0.1, 0.15) is 0 Å². The molecule has 2 rings (SSSR count). The Balaban J connectivity index is 1.94. The number of hydrogen-bond donors (Lipinski definition) is 0. The Kier molecular flexibility index (Phi) is 4.24. The van der Waals surface area contributed by atoms with Gasteiger partial charge in [0, 0.05) is 31.2 Å². The summed E-state index contributed by atoms with van der Waals surface area (Å²) in [4.78, 5) is 2.27. The fourth-order valence-electron chi connectivity index (χ4n) is 2.04. The first-order valence-corrected chi connectivity index (χ1v) is 6.89. The fourth-order valence-corrected chi connectivity index (χ4v) is 2.41. The fraction of sp³-hybridized carbons (Fsp3) is 0.538. The van der Waals surface area contributed by atoms with Crippen molar-refractivity contribution in [2.75, 3.05) is 25.1 Å². The van der Waals surface area contributed by atoms with E-state index in [-0.39, 0.29) is 0 Å². The van der Waals surface area contributed by atoms with Crippen molar-refractivity contribution in [2.45, 2.75) is 24.3 Å². The Bertz CT molecular complexity index is 319. The minimum Gasteiger partial charge on any atom is -0.376 e. The first kappa shape index (κ1) is 11.9. The van der Waals surface area contributed by atoms with E-state index in [9.17, 15) is 0 Å². The zero-order valence-electron chi connectivity index (χ0n) is 9.66. The van der Waals surface area contributed by atoms with Crippen molar-refractivity contribution in [3.63, 3.8) is 0 Å². The summed E-state index contributed by atoms with van der Waals surface area (Å²) < 4.78 is 5.64. The van der Waals surface area contributed by atoms with E-state index in [4.69, 9.17) is 4.74 Å². The van der Waals surface area contributed by atoms with Crippen molar-refractivity contribution >= 4 is 21.6 Å². The second-order valence-corrected chi connectivity index (χ2v) is 4.88. The standard InChI is InChI=1S/C13H18BrNO/c1-15(10-13-3-2-8-16-13)12-6-4-11(9-14)5-7-12/h4-7,13H,2-3,8-10H2,1H3. The molecule has 0 bridgehead atoms. The van der Waals surface area contributed by atoms with E-state index in [1.807, 2.05) is 0 Å². The van der Waals surface area contributed by atoms with E-state index < -0.39 is 0 Å². The molecule has 1 fully saturated rings. The number of ether oxygens (including phenoxy) is 1. The zero-order chi connectivity index (χ0) is 11.4. The molecule has 1 unspecified atom stereocenters. The summed E-state index contributed by atoms with van der Waals surface area (Å²) >= 11 is 3.46. The zero-order valence-corrected chi connectivity index (χ0v) is 11.2. The van der Waals surface area contributed by atoms with Crippen LogP contribution < -0.4 is 4.90 Å². The molecule has 0 spiro atoms. The molecular formula is C13H18BrNO. The van der Waals surface area contributed by atoms with Crippen LogP contribution >= 0.6 is 15.9 Å². The maximum atomic E-state index is 5.64. The largest absolute Gasteiger partial charge is 0.376 e. The molecule has 0 radical (unpaired) electrons. The van der Waals surface area contributed by atoms with Gasteiger partial charge in [-0.3, -0.25) is 0 Å². The number of hydrogen-bond acceptors (Lipinski definition) is 2. The van der Waals surface area contributed by atoms with Gasteiger partial charge >= 0.3 is 0 Å². The maximum Gasteiger partial charge on any atom is 0.0750 e. The second kappa shape index (κ2) is 5.69. The predicted octanol–water partition coefficient (Wildman–Crippen LogP) is 3.20. The lowest BCUT2D eigenvalue weighted by molar-refractivity contribution is 0.116. The van der Waals surface area contributed by atoms with Crippen LogP contribution in [0.25, 0.3) is 0 Å². The molecule has 16 heavy (non-hydrogen) atoms. The highest BCUT2D eigenvalue weighted by Crippen LogP contribution is 2.19. The number of alkyl halides is 1. The minimum absolute atomic E-state index is 0.417. The average Bonchev–Trinajstić information content (AvgIpc) is 2.82. The third kappa shape index (κ3) is 2.98. The molecule has 1 saturated heterocycles. The van der Waals surface area contributed by atoms with Crippen molar-refractivity contribution in [3.05, 3.63) is 29.8 Å². The van der Waals surface area contributed by atoms with Gasteiger partial charge in [-0.05, 0) is 30.5 Å². The lowest BCUT2D eigenvalue weighted by atomic mass is 10.2. The molecule has 2 nitrogen and oxygen atoms in total. The SMILES string of the molecule is CN(CC1CCCO1)c1ccc(CBr)cc1. The quantitative estimate of drug-likeness (QED) is 0.787. The molecule has 3 heteroatoms. The smallest absolute Gasteiger partial charge is 0.0750 e. The van der Waals surface area contributed by atoms with Crippen LogP contribution in [0.3, 0.4) is 0 Å². The molecule has 0 N–H and O–H groups in total. The molecule has 88 valence electrons. The normalized spacial score (nSPS) is 20.0. The number of anilines is 1. The summed E-state index contributed by atoms with van der Waals surface area (Å²) in [5.41, 5.74) is 2.58.